The maximum atomic E-state index is 10.5. The van der Waals surface area contributed by atoms with Crippen molar-refractivity contribution in [2.24, 2.45) is 11.7 Å². The van der Waals surface area contributed by atoms with Gasteiger partial charge >= 0.3 is 5.97 Å². The highest BCUT2D eigenvalue weighted by Gasteiger charge is 2.21. The number of aliphatic carboxylic acids is 1. The topological polar surface area (TPSA) is 135 Å². The molecule has 98 valence electrons. The van der Waals surface area contributed by atoms with E-state index in [9.17, 15) is 14.4 Å². The molecule has 0 radical (unpaired) electrons. The number of aromatic nitrogens is 2. The molecule has 8 heteroatoms. The number of ether oxygens (including phenoxy) is 1. The summed E-state index contributed by atoms with van der Waals surface area (Å²) in [5, 5.41) is 13.8. The molecule has 1 amide bonds. The summed E-state index contributed by atoms with van der Waals surface area (Å²) in [5.74, 6) is -1.63. The zero-order chi connectivity index (χ0) is 13.5. The zero-order valence-corrected chi connectivity index (χ0v) is 9.46. The van der Waals surface area contributed by atoms with Gasteiger partial charge in [0, 0.05) is 12.7 Å². The lowest BCUT2D eigenvalue weighted by molar-refractivity contribution is -0.141. The molecule has 0 aromatic carbocycles. The Morgan fingerprint density at radius 3 is 2.61 bits per heavy atom. The molecule has 1 saturated heterocycles. The molecule has 18 heavy (non-hydrogen) atoms. The number of hydrogen-bond acceptors (Lipinski definition) is 5. The molecule has 1 unspecified atom stereocenters. The van der Waals surface area contributed by atoms with Gasteiger partial charge in [-0.1, -0.05) is 0 Å². The quantitative estimate of drug-likeness (QED) is 0.618. The van der Waals surface area contributed by atoms with Gasteiger partial charge in [-0.2, -0.15) is 5.10 Å². The molecular formula is C10H13N3O5. The van der Waals surface area contributed by atoms with E-state index in [0.29, 0.717) is 19.6 Å². The Morgan fingerprint density at radius 2 is 2.28 bits per heavy atom. The molecule has 8 nitrogen and oxygen atoms in total. The molecule has 1 aromatic heterocycles. The summed E-state index contributed by atoms with van der Waals surface area (Å²) in [6.45, 7) is 1.01. The van der Waals surface area contributed by atoms with Crippen molar-refractivity contribution in [2.45, 2.75) is 6.42 Å². The zero-order valence-electron chi connectivity index (χ0n) is 9.46. The van der Waals surface area contributed by atoms with E-state index in [1.165, 1.54) is 6.20 Å². The van der Waals surface area contributed by atoms with E-state index in [-0.39, 0.29) is 11.5 Å². The van der Waals surface area contributed by atoms with Crippen LogP contribution in [0.1, 0.15) is 16.8 Å². The van der Waals surface area contributed by atoms with Crippen molar-refractivity contribution < 1.29 is 19.4 Å². The number of amides is 1. The van der Waals surface area contributed by atoms with Gasteiger partial charge in [-0.15, -0.1) is 0 Å². The summed E-state index contributed by atoms with van der Waals surface area (Å²) >= 11 is 0. The van der Waals surface area contributed by atoms with Crippen LogP contribution in [0.2, 0.25) is 0 Å². The maximum Gasteiger partial charge on any atom is 0.308 e. The molecule has 4 N–H and O–H groups in total. The number of hydrogen-bond donors (Lipinski definition) is 3. The van der Waals surface area contributed by atoms with Gasteiger partial charge in [-0.05, 0) is 6.42 Å². The smallest absolute Gasteiger partial charge is 0.308 e. The van der Waals surface area contributed by atoms with E-state index in [0.717, 1.165) is 6.07 Å². The third-order valence-electron chi connectivity index (χ3n) is 2.23. The van der Waals surface area contributed by atoms with E-state index < -0.39 is 17.4 Å². The van der Waals surface area contributed by atoms with Crippen LogP contribution in [0, 0.1) is 5.92 Å². The van der Waals surface area contributed by atoms with Crippen molar-refractivity contribution in [2.75, 3.05) is 13.2 Å². The number of carboxylic acids is 1. The lowest BCUT2D eigenvalue weighted by Crippen LogP contribution is -2.16. The predicted molar refractivity (Wildman–Crippen MR) is 59.9 cm³/mol. The minimum absolute atomic E-state index is 0.115. The number of carbonyl (C=O) groups excluding carboxylic acids is 1. The minimum atomic E-state index is -0.734. The van der Waals surface area contributed by atoms with Gasteiger partial charge in [0.2, 0.25) is 0 Å². The van der Waals surface area contributed by atoms with Crippen molar-refractivity contribution in [1.29, 1.82) is 0 Å². The highest BCUT2D eigenvalue weighted by atomic mass is 16.5. The second-order valence-corrected chi connectivity index (χ2v) is 3.60. The number of H-pyrrole nitrogens is 1. The third-order valence-corrected chi connectivity index (χ3v) is 2.23. The predicted octanol–water partition coefficient (Wildman–Crippen LogP) is -1.02. The van der Waals surface area contributed by atoms with Gasteiger partial charge < -0.3 is 15.6 Å². The fraction of sp³-hybridized carbons (Fsp3) is 0.400. The van der Waals surface area contributed by atoms with Crippen LogP contribution in [-0.2, 0) is 9.53 Å². The van der Waals surface area contributed by atoms with Crippen LogP contribution < -0.4 is 11.3 Å². The summed E-state index contributed by atoms with van der Waals surface area (Å²) in [7, 11) is 0. The molecule has 2 heterocycles. The number of nitrogens with one attached hydrogen (secondary N) is 1. The summed E-state index contributed by atoms with van der Waals surface area (Å²) in [6.07, 6.45) is 1.87. The van der Waals surface area contributed by atoms with Crippen molar-refractivity contribution in [3.05, 3.63) is 28.2 Å². The van der Waals surface area contributed by atoms with Gasteiger partial charge in [-0.3, -0.25) is 14.4 Å². The summed E-state index contributed by atoms with van der Waals surface area (Å²) in [6, 6.07) is 1.09. The Labute approximate surface area is 102 Å². The van der Waals surface area contributed by atoms with Crippen LogP contribution >= 0.6 is 0 Å². The molecule has 1 aliphatic rings. The van der Waals surface area contributed by atoms with Gasteiger partial charge in [-0.25, -0.2) is 5.10 Å². The normalized spacial score (nSPS) is 17.7. The van der Waals surface area contributed by atoms with Crippen LogP contribution in [0.5, 0.6) is 0 Å². The second kappa shape index (κ2) is 6.50. The number of aromatic amines is 1. The van der Waals surface area contributed by atoms with Gasteiger partial charge in [0.05, 0.1) is 24.3 Å². The first-order valence-electron chi connectivity index (χ1n) is 5.16. The molecule has 0 bridgehead atoms. The Balaban J connectivity index is 0.000000184. The first kappa shape index (κ1) is 13.8. The Hall–Kier alpha value is -2.22. The van der Waals surface area contributed by atoms with E-state index in [1.807, 2.05) is 0 Å². The Bertz CT molecular complexity index is 478. The van der Waals surface area contributed by atoms with Gasteiger partial charge in [0.1, 0.15) is 0 Å². The van der Waals surface area contributed by atoms with Gasteiger partial charge in [0.15, 0.2) is 0 Å². The SMILES string of the molecule is NC(=O)c1cn[nH]c(=O)c1.O=C(O)C1CCOC1. The molecule has 0 aliphatic carbocycles. The molecular weight excluding hydrogens is 242 g/mol. The first-order valence-corrected chi connectivity index (χ1v) is 5.16. The standard InChI is InChI=1S/C5H5N3O2.C5H8O3/c6-5(10)3-1-4(9)8-7-2-3;6-5(7)4-1-2-8-3-4/h1-2H,(H2,6,10)(H,8,9);4H,1-3H2,(H,6,7). The van der Waals surface area contributed by atoms with E-state index >= 15 is 0 Å². The van der Waals surface area contributed by atoms with Crippen LogP contribution in [-0.4, -0.2) is 40.4 Å². The van der Waals surface area contributed by atoms with Crippen LogP contribution in [0.4, 0.5) is 0 Å². The lowest BCUT2D eigenvalue weighted by Gasteiger charge is -1.95. The lowest BCUT2D eigenvalue weighted by atomic mass is 10.1. The van der Waals surface area contributed by atoms with E-state index in [4.69, 9.17) is 15.6 Å². The highest BCUT2D eigenvalue weighted by molar-refractivity contribution is 5.92. The van der Waals surface area contributed by atoms with E-state index in [2.05, 4.69) is 10.2 Å². The minimum Gasteiger partial charge on any atom is -0.481 e. The highest BCUT2D eigenvalue weighted by Crippen LogP contribution is 2.11. The number of nitrogens with zero attached hydrogens (tertiary/aromatic N) is 1. The Morgan fingerprint density at radius 1 is 1.56 bits per heavy atom. The molecule has 1 atom stereocenters. The molecule has 1 aromatic rings. The first-order chi connectivity index (χ1) is 8.50. The number of primary amides is 1. The van der Waals surface area contributed by atoms with Crippen molar-refractivity contribution >= 4 is 11.9 Å². The fourth-order valence-electron chi connectivity index (χ4n) is 1.24. The summed E-state index contributed by atoms with van der Waals surface area (Å²) < 4.78 is 4.84. The number of nitrogens with two attached hydrogens (primary N) is 1. The molecule has 2 rings (SSSR count). The average molecular weight is 255 g/mol. The second-order valence-electron chi connectivity index (χ2n) is 3.60. The molecule has 1 aliphatic heterocycles. The van der Waals surface area contributed by atoms with Crippen molar-refractivity contribution in [3.8, 4) is 0 Å². The number of carboxylic acid groups (broad SMARTS) is 1. The average Bonchev–Trinajstić information content (AvgIpc) is 2.83. The molecule has 0 saturated carbocycles. The number of carbonyl (C=O) groups is 2. The van der Waals surface area contributed by atoms with Crippen LogP contribution in [0.25, 0.3) is 0 Å². The monoisotopic (exact) mass is 255 g/mol. The largest absolute Gasteiger partial charge is 0.481 e. The van der Waals surface area contributed by atoms with Crippen molar-refractivity contribution in [1.82, 2.24) is 10.2 Å². The fourth-order valence-corrected chi connectivity index (χ4v) is 1.24. The third kappa shape index (κ3) is 4.34. The Kier molecular flexibility index (Phi) is 5.00. The van der Waals surface area contributed by atoms with Crippen LogP contribution in [0.3, 0.4) is 0 Å². The maximum absolute atomic E-state index is 10.5. The summed E-state index contributed by atoms with van der Waals surface area (Å²) in [4.78, 5) is 31.0. The van der Waals surface area contributed by atoms with Crippen molar-refractivity contribution in [3.63, 3.8) is 0 Å². The molecule has 0 spiro atoms. The van der Waals surface area contributed by atoms with Gasteiger partial charge in [0.25, 0.3) is 11.5 Å². The molecule has 1 fully saturated rings. The number of rotatable bonds is 2. The van der Waals surface area contributed by atoms with E-state index in [1.54, 1.807) is 0 Å². The summed E-state index contributed by atoms with van der Waals surface area (Å²) in [5.41, 5.74) is 4.53. The van der Waals surface area contributed by atoms with Crippen LogP contribution in [0.15, 0.2) is 17.1 Å².